The summed E-state index contributed by atoms with van der Waals surface area (Å²) in [5, 5.41) is 1.01. The van der Waals surface area contributed by atoms with Gasteiger partial charge in [0.2, 0.25) is 0 Å². The van der Waals surface area contributed by atoms with Crippen LogP contribution < -0.4 is 5.73 Å². The van der Waals surface area contributed by atoms with E-state index in [0.29, 0.717) is 10.3 Å². The predicted octanol–water partition coefficient (Wildman–Crippen LogP) is 3.63. The highest BCUT2D eigenvalue weighted by molar-refractivity contribution is 8.00. The Kier molecular flexibility index (Phi) is 4.71. The third-order valence-corrected chi connectivity index (χ3v) is 5.05. The number of hydrogen-bond donors (Lipinski definition) is 1. The van der Waals surface area contributed by atoms with Gasteiger partial charge >= 0.3 is 0 Å². The molecule has 1 nitrogen and oxygen atoms in total. The second-order valence-electron chi connectivity index (χ2n) is 4.51. The zero-order valence-corrected chi connectivity index (χ0v) is 11.2. The standard InChI is InChI=1S/C13H17ClFNS/c14-11-8-10(15)5-4-9(11)7-12(16)13-3-1-2-6-17-13/h4-5,8,12-13H,1-3,6-7,16H2. The van der Waals surface area contributed by atoms with Gasteiger partial charge in [0.25, 0.3) is 0 Å². The van der Waals surface area contributed by atoms with Crippen LogP contribution in [-0.4, -0.2) is 17.0 Å². The van der Waals surface area contributed by atoms with Gasteiger partial charge < -0.3 is 5.73 Å². The molecule has 17 heavy (non-hydrogen) atoms. The van der Waals surface area contributed by atoms with Gasteiger partial charge in [-0.15, -0.1) is 0 Å². The Morgan fingerprint density at radius 2 is 2.29 bits per heavy atom. The minimum Gasteiger partial charge on any atom is -0.326 e. The average molecular weight is 274 g/mol. The highest BCUT2D eigenvalue weighted by atomic mass is 35.5. The van der Waals surface area contributed by atoms with E-state index in [4.69, 9.17) is 17.3 Å². The van der Waals surface area contributed by atoms with E-state index < -0.39 is 0 Å². The lowest BCUT2D eigenvalue weighted by atomic mass is 10.0. The van der Waals surface area contributed by atoms with Crippen molar-refractivity contribution in [1.82, 2.24) is 0 Å². The summed E-state index contributed by atoms with van der Waals surface area (Å²) in [5.41, 5.74) is 7.16. The number of nitrogens with two attached hydrogens (primary N) is 1. The maximum absolute atomic E-state index is 12.9. The summed E-state index contributed by atoms with van der Waals surface area (Å²) in [6, 6.07) is 4.66. The van der Waals surface area contributed by atoms with E-state index in [1.165, 1.54) is 37.1 Å². The van der Waals surface area contributed by atoms with Crippen LogP contribution in [0.5, 0.6) is 0 Å². The normalized spacial score (nSPS) is 22.4. The summed E-state index contributed by atoms with van der Waals surface area (Å²) in [6.07, 6.45) is 4.48. The second-order valence-corrected chi connectivity index (χ2v) is 6.26. The third-order valence-electron chi connectivity index (χ3n) is 3.16. The SMILES string of the molecule is NC(Cc1ccc(F)cc1Cl)C1CCCCS1. The predicted molar refractivity (Wildman–Crippen MR) is 73.2 cm³/mol. The van der Waals surface area contributed by atoms with Gasteiger partial charge in [-0.25, -0.2) is 4.39 Å². The molecule has 1 heterocycles. The molecule has 2 rings (SSSR count). The van der Waals surface area contributed by atoms with E-state index in [1.54, 1.807) is 6.07 Å². The fraction of sp³-hybridized carbons (Fsp3) is 0.538. The van der Waals surface area contributed by atoms with Crippen LogP contribution in [0.4, 0.5) is 4.39 Å². The Balaban J connectivity index is 1.99. The Labute approximate surface area is 111 Å². The van der Waals surface area contributed by atoms with E-state index in [9.17, 15) is 4.39 Å². The van der Waals surface area contributed by atoms with Crippen LogP contribution in [0.15, 0.2) is 18.2 Å². The van der Waals surface area contributed by atoms with Crippen LogP contribution in [0.1, 0.15) is 24.8 Å². The zero-order valence-electron chi connectivity index (χ0n) is 9.66. The van der Waals surface area contributed by atoms with E-state index in [0.717, 1.165) is 12.0 Å². The molecule has 1 aliphatic rings. The van der Waals surface area contributed by atoms with Gasteiger partial charge in [0, 0.05) is 16.3 Å². The van der Waals surface area contributed by atoms with E-state index >= 15 is 0 Å². The average Bonchev–Trinajstić information content (AvgIpc) is 2.34. The van der Waals surface area contributed by atoms with Gasteiger partial charge in [-0.2, -0.15) is 11.8 Å². The smallest absolute Gasteiger partial charge is 0.124 e. The van der Waals surface area contributed by atoms with E-state index in [1.807, 2.05) is 11.8 Å². The van der Waals surface area contributed by atoms with Crippen molar-refractivity contribution in [3.8, 4) is 0 Å². The Hall–Kier alpha value is -0.250. The van der Waals surface area contributed by atoms with Crippen LogP contribution in [0, 0.1) is 5.82 Å². The summed E-state index contributed by atoms with van der Waals surface area (Å²) in [5.74, 6) is 0.912. The second kappa shape index (κ2) is 6.07. The van der Waals surface area contributed by atoms with Crippen molar-refractivity contribution in [2.45, 2.75) is 37.0 Å². The monoisotopic (exact) mass is 273 g/mol. The lowest BCUT2D eigenvalue weighted by molar-refractivity contribution is 0.558. The molecule has 2 unspecified atom stereocenters. The Morgan fingerprint density at radius 3 is 2.94 bits per heavy atom. The zero-order chi connectivity index (χ0) is 12.3. The Bertz CT molecular complexity index is 380. The van der Waals surface area contributed by atoms with Crippen molar-refractivity contribution >= 4 is 23.4 Å². The molecule has 0 radical (unpaired) electrons. The summed E-state index contributed by atoms with van der Waals surface area (Å²) < 4.78 is 12.9. The van der Waals surface area contributed by atoms with Crippen LogP contribution in [-0.2, 0) is 6.42 Å². The summed E-state index contributed by atoms with van der Waals surface area (Å²) >= 11 is 7.97. The molecular weight excluding hydrogens is 257 g/mol. The molecular formula is C13H17ClFNS. The summed E-state index contributed by atoms with van der Waals surface area (Å²) in [6.45, 7) is 0. The summed E-state index contributed by atoms with van der Waals surface area (Å²) in [7, 11) is 0. The van der Waals surface area contributed by atoms with Crippen molar-refractivity contribution in [2.75, 3.05) is 5.75 Å². The first-order valence-corrected chi connectivity index (χ1v) is 7.40. The van der Waals surface area contributed by atoms with Crippen LogP contribution in [0.3, 0.4) is 0 Å². The fourth-order valence-electron chi connectivity index (χ4n) is 2.18. The maximum atomic E-state index is 12.9. The number of rotatable bonds is 3. The van der Waals surface area contributed by atoms with Crippen molar-refractivity contribution in [1.29, 1.82) is 0 Å². The molecule has 0 aromatic heterocycles. The number of hydrogen-bond acceptors (Lipinski definition) is 2. The molecule has 1 aromatic carbocycles. The number of benzene rings is 1. The van der Waals surface area contributed by atoms with E-state index in [2.05, 4.69) is 0 Å². The van der Waals surface area contributed by atoms with Crippen LogP contribution >= 0.6 is 23.4 Å². The molecule has 1 fully saturated rings. The van der Waals surface area contributed by atoms with Gasteiger partial charge in [-0.05, 0) is 42.7 Å². The number of halogens is 2. The third kappa shape index (κ3) is 3.60. The van der Waals surface area contributed by atoms with Crippen LogP contribution in [0.2, 0.25) is 5.02 Å². The molecule has 0 amide bonds. The maximum Gasteiger partial charge on any atom is 0.124 e. The lowest BCUT2D eigenvalue weighted by Gasteiger charge is -2.27. The molecule has 94 valence electrons. The van der Waals surface area contributed by atoms with Gasteiger partial charge in [-0.3, -0.25) is 0 Å². The Morgan fingerprint density at radius 1 is 1.47 bits per heavy atom. The van der Waals surface area contributed by atoms with E-state index in [-0.39, 0.29) is 11.9 Å². The van der Waals surface area contributed by atoms with Crippen molar-refractivity contribution in [2.24, 2.45) is 5.73 Å². The largest absolute Gasteiger partial charge is 0.326 e. The molecule has 0 aliphatic carbocycles. The molecule has 0 saturated carbocycles. The van der Waals surface area contributed by atoms with Gasteiger partial charge in [-0.1, -0.05) is 24.1 Å². The molecule has 2 atom stereocenters. The highest BCUT2D eigenvalue weighted by Crippen LogP contribution is 2.29. The number of thioether (sulfide) groups is 1. The summed E-state index contributed by atoms with van der Waals surface area (Å²) in [4.78, 5) is 0. The molecule has 0 bridgehead atoms. The molecule has 1 aromatic rings. The fourth-order valence-corrected chi connectivity index (χ4v) is 3.77. The van der Waals surface area contributed by atoms with Crippen LogP contribution in [0.25, 0.3) is 0 Å². The van der Waals surface area contributed by atoms with Gasteiger partial charge in [0.05, 0.1) is 0 Å². The molecule has 1 saturated heterocycles. The van der Waals surface area contributed by atoms with Gasteiger partial charge in [0.15, 0.2) is 0 Å². The highest BCUT2D eigenvalue weighted by Gasteiger charge is 2.21. The minimum absolute atomic E-state index is 0.114. The first-order chi connectivity index (χ1) is 8.16. The topological polar surface area (TPSA) is 26.0 Å². The van der Waals surface area contributed by atoms with Crippen molar-refractivity contribution in [3.63, 3.8) is 0 Å². The van der Waals surface area contributed by atoms with Crippen molar-refractivity contribution in [3.05, 3.63) is 34.6 Å². The van der Waals surface area contributed by atoms with Crippen molar-refractivity contribution < 1.29 is 4.39 Å². The quantitative estimate of drug-likeness (QED) is 0.910. The molecule has 4 heteroatoms. The molecule has 0 spiro atoms. The molecule has 2 N–H and O–H groups in total. The van der Waals surface area contributed by atoms with Gasteiger partial charge in [0.1, 0.15) is 5.82 Å². The first kappa shape index (κ1) is 13.2. The first-order valence-electron chi connectivity index (χ1n) is 5.98. The molecule has 1 aliphatic heterocycles. The minimum atomic E-state index is -0.292. The lowest BCUT2D eigenvalue weighted by Crippen LogP contribution is -2.36.